The first kappa shape index (κ1) is 27.5. The second-order valence-corrected chi connectivity index (χ2v) is 8.14. The molecule has 37 heavy (non-hydrogen) atoms. The predicted molar refractivity (Wildman–Crippen MR) is 125 cm³/mol. The number of carbonyl (C=O) groups excluding carboxylic acids is 2. The summed E-state index contributed by atoms with van der Waals surface area (Å²) in [6.45, 7) is -1.91. The number of ketones is 1. The maximum Gasteiger partial charge on any atom is 0.422 e. The summed E-state index contributed by atoms with van der Waals surface area (Å²) in [6.07, 6.45) is -8.92. The van der Waals surface area contributed by atoms with Gasteiger partial charge in [0.15, 0.2) is 12.4 Å². The number of alkyl halides is 6. The zero-order valence-electron chi connectivity index (χ0n) is 19.6. The third-order valence-corrected chi connectivity index (χ3v) is 5.01. The van der Waals surface area contributed by atoms with Gasteiger partial charge in [-0.1, -0.05) is 18.2 Å². The van der Waals surface area contributed by atoms with Gasteiger partial charge in [0.25, 0.3) is 0 Å². The van der Waals surface area contributed by atoms with Crippen LogP contribution < -0.4 is 15.0 Å². The number of carbonyl (C=O) groups is 2. The van der Waals surface area contributed by atoms with E-state index in [2.05, 4.69) is 15.0 Å². The van der Waals surface area contributed by atoms with E-state index >= 15 is 0 Å². The molecule has 0 saturated carbocycles. The van der Waals surface area contributed by atoms with E-state index in [-0.39, 0.29) is 11.3 Å². The van der Waals surface area contributed by atoms with Crippen molar-refractivity contribution >= 4 is 23.2 Å². The van der Waals surface area contributed by atoms with Gasteiger partial charge < -0.3 is 15.0 Å². The number of Topliss-reactive ketones (excluding diaryl/α,β-unsaturated/α-hetero) is 1. The van der Waals surface area contributed by atoms with Crippen LogP contribution in [0.2, 0.25) is 0 Å². The molecule has 2 aromatic carbocycles. The Morgan fingerprint density at radius 3 is 2.27 bits per heavy atom. The molecular weight excluding hydrogens is 504 g/mol. The van der Waals surface area contributed by atoms with Crippen LogP contribution in [0.3, 0.4) is 0 Å². The van der Waals surface area contributed by atoms with Crippen molar-refractivity contribution in [1.82, 2.24) is 4.98 Å². The molecule has 196 valence electrons. The minimum atomic E-state index is -5.04. The Hall–Kier alpha value is -4.09. The molecule has 1 N–H and O–H groups in total. The standard InChI is InChI=1S/C25H21F6N3O3/c1-34(2)22-9-6-17(13-32-22)15-4-3-5-16(10-15)20(35)12-23(36)33-18-7-8-21(37-14-24(26,27)28)19(11-18)25(29,30)31/h3-11,13H,12,14H2,1-2H3,(H,33,36). The summed E-state index contributed by atoms with van der Waals surface area (Å²) in [4.78, 5) is 31.1. The summed E-state index contributed by atoms with van der Waals surface area (Å²) in [5.74, 6) is -1.78. The van der Waals surface area contributed by atoms with Crippen LogP contribution in [0.15, 0.2) is 60.8 Å². The fourth-order valence-corrected chi connectivity index (χ4v) is 3.26. The maximum atomic E-state index is 13.3. The highest BCUT2D eigenvalue weighted by atomic mass is 19.4. The summed E-state index contributed by atoms with van der Waals surface area (Å²) in [5.41, 5.74) is -0.241. The van der Waals surface area contributed by atoms with E-state index in [1.807, 2.05) is 25.1 Å². The van der Waals surface area contributed by atoms with Crippen LogP contribution in [0.1, 0.15) is 22.3 Å². The predicted octanol–water partition coefficient (Wildman–Crippen LogP) is 5.99. The van der Waals surface area contributed by atoms with Crippen molar-refractivity contribution in [3.05, 3.63) is 71.9 Å². The largest absolute Gasteiger partial charge is 0.483 e. The van der Waals surface area contributed by atoms with Crippen LogP contribution in [0.25, 0.3) is 11.1 Å². The van der Waals surface area contributed by atoms with Crippen molar-refractivity contribution in [3.8, 4) is 16.9 Å². The first-order chi connectivity index (χ1) is 17.2. The van der Waals surface area contributed by atoms with Crippen molar-refractivity contribution in [2.75, 3.05) is 30.9 Å². The topological polar surface area (TPSA) is 71.5 Å². The molecule has 1 heterocycles. The van der Waals surface area contributed by atoms with Gasteiger partial charge in [-0.05, 0) is 42.0 Å². The van der Waals surface area contributed by atoms with Gasteiger partial charge in [0.05, 0.1) is 12.0 Å². The number of rotatable bonds is 8. The Bertz CT molecular complexity index is 1270. The molecule has 0 radical (unpaired) electrons. The second-order valence-electron chi connectivity index (χ2n) is 8.14. The van der Waals surface area contributed by atoms with Crippen molar-refractivity contribution in [1.29, 1.82) is 0 Å². The van der Waals surface area contributed by atoms with Gasteiger partial charge >= 0.3 is 12.4 Å². The van der Waals surface area contributed by atoms with Crippen LogP contribution in [0, 0.1) is 0 Å². The molecule has 3 rings (SSSR count). The fraction of sp³-hybridized carbons (Fsp3) is 0.240. The fourth-order valence-electron chi connectivity index (χ4n) is 3.26. The Kier molecular flexibility index (Phi) is 8.09. The lowest BCUT2D eigenvalue weighted by Crippen LogP contribution is -2.21. The van der Waals surface area contributed by atoms with Crippen LogP contribution in [0.5, 0.6) is 5.75 Å². The first-order valence-corrected chi connectivity index (χ1v) is 10.7. The summed E-state index contributed by atoms with van der Waals surface area (Å²) >= 11 is 0. The van der Waals surface area contributed by atoms with E-state index in [0.29, 0.717) is 17.7 Å². The van der Waals surface area contributed by atoms with Gasteiger partial charge in [0.1, 0.15) is 11.6 Å². The molecule has 0 fully saturated rings. The molecule has 12 heteroatoms. The third-order valence-electron chi connectivity index (χ3n) is 5.01. The smallest absolute Gasteiger partial charge is 0.422 e. The first-order valence-electron chi connectivity index (χ1n) is 10.7. The zero-order chi connectivity index (χ0) is 27.4. The molecule has 0 spiro atoms. The van der Waals surface area contributed by atoms with E-state index in [4.69, 9.17) is 0 Å². The Balaban J connectivity index is 1.71. The highest BCUT2D eigenvalue weighted by molar-refractivity contribution is 6.11. The maximum absolute atomic E-state index is 13.3. The summed E-state index contributed by atoms with van der Waals surface area (Å²) in [6, 6.07) is 12.1. The van der Waals surface area contributed by atoms with Crippen LogP contribution in [-0.4, -0.2) is 43.6 Å². The van der Waals surface area contributed by atoms with Gasteiger partial charge in [0.2, 0.25) is 5.91 Å². The Morgan fingerprint density at radius 2 is 1.68 bits per heavy atom. The molecule has 3 aromatic rings. The summed E-state index contributed by atoms with van der Waals surface area (Å²) in [5, 5.41) is 2.17. The molecule has 1 aromatic heterocycles. The molecule has 1 amide bonds. The van der Waals surface area contributed by atoms with Crippen molar-refractivity contribution in [2.24, 2.45) is 0 Å². The quantitative estimate of drug-likeness (QED) is 0.222. The molecule has 0 aliphatic carbocycles. The summed E-state index contributed by atoms with van der Waals surface area (Å²) in [7, 11) is 3.68. The number of anilines is 2. The number of amides is 1. The van der Waals surface area contributed by atoms with E-state index in [1.54, 1.807) is 30.5 Å². The average Bonchev–Trinajstić information content (AvgIpc) is 2.82. The average molecular weight is 525 g/mol. The number of halogens is 6. The number of ether oxygens (including phenoxy) is 1. The molecule has 0 unspecified atom stereocenters. The van der Waals surface area contributed by atoms with Crippen LogP contribution in [0.4, 0.5) is 37.8 Å². The van der Waals surface area contributed by atoms with Gasteiger partial charge in [0, 0.05) is 37.1 Å². The number of nitrogens with one attached hydrogen (secondary N) is 1. The normalized spacial score (nSPS) is 11.7. The van der Waals surface area contributed by atoms with Crippen molar-refractivity contribution in [3.63, 3.8) is 0 Å². The number of pyridine rings is 1. The van der Waals surface area contributed by atoms with Crippen molar-refractivity contribution in [2.45, 2.75) is 18.8 Å². The molecule has 0 atom stereocenters. The van der Waals surface area contributed by atoms with Gasteiger partial charge in [-0.25, -0.2) is 4.98 Å². The van der Waals surface area contributed by atoms with Crippen LogP contribution in [-0.2, 0) is 11.0 Å². The van der Waals surface area contributed by atoms with Crippen LogP contribution >= 0.6 is 0 Å². The lowest BCUT2D eigenvalue weighted by Gasteiger charge is -2.16. The van der Waals surface area contributed by atoms with E-state index in [0.717, 1.165) is 17.4 Å². The summed E-state index contributed by atoms with van der Waals surface area (Å²) < 4.78 is 81.3. The number of benzene rings is 2. The molecule has 0 aliphatic rings. The highest BCUT2D eigenvalue weighted by Gasteiger charge is 2.36. The number of hydrogen-bond donors (Lipinski definition) is 1. The van der Waals surface area contributed by atoms with E-state index < -0.39 is 48.4 Å². The van der Waals surface area contributed by atoms with E-state index in [9.17, 15) is 35.9 Å². The second kappa shape index (κ2) is 10.9. The molecule has 0 saturated heterocycles. The molecule has 0 bridgehead atoms. The lowest BCUT2D eigenvalue weighted by molar-refractivity contribution is -0.158. The van der Waals surface area contributed by atoms with Crippen molar-refractivity contribution < 1.29 is 40.7 Å². The Morgan fingerprint density at radius 1 is 0.946 bits per heavy atom. The lowest BCUT2D eigenvalue weighted by atomic mass is 10.0. The molecule has 6 nitrogen and oxygen atoms in total. The van der Waals surface area contributed by atoms with Gasteiger partial charge in [-0.3, -0.25) is 9.59 Å². The minimum absolute atomic E-state index is 0.205. The number of nitrogens with zero attached hydrogens (tertiary/aromatic N) is 2. The molecular formula is C25H21F6N3O3. The molecule has 0 aliphatic heterocycles. The highest BCUT2D eigenvalue weighted by Crippen LogP contribution is 2.38. The van der Waals surface area contributed by atoms with Gasteiger partial charge in [-0.15, -0.1) is 0 Å². The Labute approximate surface area is 207 Å². The number of aromatic nitrogens is 1. The minimum Gasteiger partial charge on any atom is -0.483 e. The zero-order valence-corrected chi connectivity index (χ0v) is 19.6. The number of hydrogen-bond acceptors (Lipinski definition) is 5. The van der Waals surface area contributed by atoms with Gasteiger partial charge in [-0.2, -0.15) is 26.3 Å². The van der Waals surface area contributed by atoms with E-state index in [1.165, 1.54) is 6.07 Å². The SMILES string of the molecule is CN(C)c1ccc(-c2cccc(C(=O)CC(=O)Nc3ccc(OCC(F)(F)F)c(C(F)(F)F)c3)c2)cn1. The third kappa shape index (κ3) is 7.69. The monoisotopic (exact) mass is 525 g/mol.